The van der Waals surface area contributed by atoms with Gasteiger partial charge in [0, 0.05) is 17.8 Å². The molecule has 1 aromatic rings. The first-order valence-corrected chi connectivity index (χ1v) is 5.56. The minimum Gasteiger partial charge on any atom is -0.326 e. The number of alkyl halides is 2. The quantitative estimate of drug-likeness (QED) is 0.850. The highest BCUT2D eigenvalue weighted by atomic mass is 19.3. The van der Waals surface area contributed by atoms with Gasteiger partial charge in [-0.2, -0.15) is 0 Å². The molecule has 0 saturated carbocycles. The highest BCUT2D eigenvalue weighted by Gasteiger charge is 2.22. The summed E-state index contributed by atoms with van der Waals surface area (Å²) in [6.45, 7) is 1.48. The lowest BCUT2D eigenvalue weighted by Gasteiger charge is -2.10. The first-order valence-electron chi connectivity index (χ1n) is 5.56. The number of hydrogen-bond acceptors (Lipinski definition) is 2. The molecule has 1 amide bonds. The van der Waals surface area contributed by atoms with Crippen molar-refractivity contribution in [2.75, 3.05) is 18.4 Å². The molecule has 1 saturated heterocycles. The molecule has 0 radical (unpaired) electrons. The van der Waals surface area contributed by atoms with Crippen molar-refractivity contribution in [2.45, 2.75) is 12.8 Å². The zero-order chi connectivity index (χ0) is 12.3. The average molecular weight is 240 g/mol. The van der Waals surface area contributed by atoms with E-state index in [1.165, 1.54) is 18.2 Å². The molecule has 1 atom stereocenters. The van der Waals surface area contributed by atoms with Crippen LogP contribution in [0.3, 0.4) is 0 Å². The van der Waals surface area contributed by atoms with E-state index in [9.17, 15) is 13.6 Å². The summed E-state index contributed by atoms with van der Waals surface area (Å²) in [5.41, 5.74) is 0.354. The third-order valence-corrected chi connectivity index (χ3v) is 2.84. The highest BCUT2D eigenvalue weighted by Crippen LogP contribution is 2.22. The molecule has 0 aliphatic carbocycles. The zero-order valence-electron chi connectivity index (χ0n) is 9.25. The third-order valence-electron chi connectivity index (χ3n) is 2.84. The Balaban J connectivity index is 2.02. The Morgan fingerprint density at radius 2 is 2.29 bits per heavy atom. The molecule has 1 aliphatic heterocycles. The molecular weight excluding hydrogens is 226 g/mol. The lowest BCUT2D eigenvalue weighted by Crippen LogP contribution is -2.24. The van der Waals surface area contributed by atoms with Crippen molar-refractivity contribution in [3.8, 4) is 0 Å². The Morgan fingerprint density at radius 3 is 2.94 bits per heavy atom. The fraction of sp³-hybridized carbons (Fsp3) is 0.417. The van der Waals surface area contributed by atoms with Crippen molar-refractivity contribution < 1.29 is 13.6 Å². The second-order valence-corrected chi connectivity index (χ2v) is 4.11. The summed E-state index contributed by atoms with van der Waals surface area (Å²) >= 11 is 0. The molecule has 0 spiro atoms. The Hall–Kier alpha value is -1.49. The van der Waals surface area contributed by atoms with Crippen LogP contribution in [0.4, 0.5) is 14.5 Å². The fourth-order valence-corrected chi connectivity index (χ4v) is 1.87. The van der Waals surface area contributed by atoms with Gasteiger partial charge in [-0.15, -0.1) is 0 Å². The fourth-order valence-electron chi connectivity index (χ4n) is 1.87. The zero-order valence-corrected chi connectivity index (χ0v) is 9.25. The number of hydrogen-bond donors (Lipinski definition) is 2. The van der Waals surface area contributed by atoms with E-state index >= 15 is 0 Å². The van der Waals surface area contributed by atoms with Crippen LogP contribution in [0.2, 0.25) is 0 Å². The molecule has 0 bridgehead atoms. The van der Waals surface area contributed by atoms with E-state index in [1.54, 1.807) is 6.07 Å². The van der Waals surface area contributed by atoms with E-state index < -0.39 is 6.43 Å². The van der Waals surface area contributed by atoms with Gasteiger partial charge in [0.05, 0.1) is 5.92 Å². The first-order chi connectivity index (χ1) is 8.16. The number of carbonyl (C=O) groups excluding carboxylic acids is 1. The number of halogens is 2. The summed E-state index contributed by atoms with van der Waals surface area (Å²) in [6.07, 6.45) is -1.72. The van der Waals surface area contributed by atoms with Crippen LogP contribution in [0.25, 0.3) is 0 Å². The molecule has 3 nitrogen and oxygen atoms in total. The summed E-state index contributed by atoms with van der Waals surface area (Å²) in [6, 6.07) is 5.79. The Kier molecular flexibility index (Phi) is 3.68. The standard InChI is InChI=1S/C12H14F2N2O/c13-11(14)8-2-1-3-10(6-8)16-12(17)9-4-5-15-7-9/h1-3,6,9,11,15H,4-5,7H2,(H,16,17). The number of anilines is 1. The van der Waals surface area contributed by atoms with Crippen LogP contribution in [-0.2, 0) is 4.79 Å². The van der Waals surface area contributed by atoms with Gasteiger partial charge in [0.1, 0.15) is 0 Å². The van der Waals surface area contributed by atoms with Gasteiger partial charge in [-0.3, -0.25) is 4.79 Å². The molecule has 2 rings (SSSR count). The van der Waals surface area contributed by atoms with Gasteiger partial charge < -0.3 is 10.6 Å². The molecule has 92 valence electrons. The maximum Gasteiger partial charge on any atom is 0.263 e. The molecule has 1 aromatic carbocycles. The van der Waals surface area contributed by atoms with Crippen LogP contribution in [0.15, 0.2) is 24.3 Å². The topological polar surface area (TPSA) is 41.1 Å². The predicted molar refractivity (Wildman–Crippen MR) is 61.0 cm³/mol. The van der Waals surface area contributed by atoms with Crippen molar-refractivity contribution in [1.82, 2.24) is 5.32 Å². The van der Waals surface area contributed by atoms with Gasteiger partial charge in [0.2, 0.25) is 5.91 Å². The number of nitrogens with one attached hydrogen (secondary N) is 2. The van der Waals surface area contributed by atoms with Crippen LogP contribution in [-0.4, -0.2) is 19.0 Å². The van der Waals surface area contributed by atoms with Crippen molar-refractivity contribution in [3.05, 3.63) is 29.8 Å². The number of carbonyl (C=O) groups is 1. The maximum atomic E-state index is 12.5. The van der Waals surface area contributed by atoms with Gasteiger partial charge >= 0.3 is 0 Å². The van der Waals surface area contributed by atoms with Gasteiger partial charge in [0.15, 0.2) is 0 Å². The van der Waals surface area contributed by atoms with Gasteiger partial charge in [0.25, 0.3) is 6.43 Å². The molecule has 1 fully saturated rings. The highest BCUT2D eigenvalue weighted by molar-refractivity contribution is 5.92. The van der Waals surface area contributed by atoms with Crippen molar-refractivity contribution in [1.29, 1.82) is 0 Å². The van der Waals surface area contributed by atoms with E-state index in [1.807, 2.05) is 0 Å². The minimum absolute atomic E-state index is 0.0646. The van der Waals surface area contributed by atoms with Gasteiger partial charge in [-0.05, 0) is 25.1 Å². The van der Waals surface area contributed by atoms with Crippen molar-refractivity contribution in [3.63, 3.8) is 0 Å². The first kappa shape index (κ1) is 12.0. The number of rotatable bonds is 3. The van der Waals surface area contributed by atoms with E-state index in [-0.39, 0.29) is 17.4 Å². The Morgan fingerprint density at radius 1 is 1.47 bits per heavy atom. The lowest BCUT2D eigenvalue weighted by atomic mass is 10.1. The molecule has 2 N–H and O–H groups in total. The minimum atomic E-state index is -2.51. The van der Waals surface area contributed by atoms with Gasteiger partial charge in [-0.25, -0.2) is 8.78 Å². The third kappa shape index (κ3) is 3.00. The summed E-state index contributed by atoms with van der Waals surface area (Å²) in [7, 11) is 0. The maximum absolute atomic E-state index is 12.5. The van der Waals surface area contributed by atoms with Crippen molar-refractivity contribution in [2.24, 2.45) is 5.92 Å². The smallest absolute Gasteiger partial charge is 0.263 e. The van der Waals surface area contributed by atoms with Crippen LogP contribution >= 0.6 is 0 Å². The molecule has 1 aliphatic rings. The van der Waals surface area contributed by atoms with E-state index in [0.717, 1.165) is 13.0 Å². The average Bonchev–Trinajstić information content (AvgIpc) is 2.82. The molecule has 17 heavy (non-hydrogen) atoms. The lowest BCUT2D eigenvalue weighted by molar-refractivity contribution is -0.119. The van der Waals surface area contributed by atoms with Crippen LogP contribution in [0, 0.1) is 5.92 Å². The summed E-state index contributed by atoms with van der Waals surface area (Å²) in [5, 5.41) is 5.75. The second-order valence-electron chi connectivity index (χ2n) is 4.11. The van der Waals surface area contributed by atoms with Crippen LogP contribution in [0.5, 0.6) is 0 Å². The summed E-state index contributed by atoms with van der Waals surface area (Å²) < 4.78 is 24.9. The molecular formula is C12H14F2N2O. The van der Waals surface area contributed by atoms with Crippen LogP contribution < -0.4 is 10.6 Å². The van der Waals surface area contributed by atoms with E-state index in [0.29, 0.717) is 12.2 Å². The van der Waals surface area contributed by atoms with E-state index in [2.05, 4.69) is 10.6 Å². The largest absolute Gasteiger partial charge is 0.326 e. The predicted octanol–water partition coefficient (Wildman–Crippen LogP) is 2.17. The number of benzene rings is 1. The normalized spacial score (nSPS) is 19.6. The molecule has 0 aromatic heterocycles. The van der Waals surface area contributed by atoms with Gasteiger partial charge in [-0.1, -0.05) is 12.1 Å². The number of amides is 1. The van der Waals surface area contributed by atoms with Crippen molar-refractivity contribution >= 4 is 11.6 Å². The molecule has 1 unspecified atom stereocenters. The molecule has 5 heteroatoms. The van der Waals surface area contributed by atoms with E-state index in [4.69, 9.17) is 0 Å². The Bertz CT molecular complexity index is 403. The molecule has 1 heterocycles. The summed E-state index contributed by atoms with van der Waals surface area (Å²) in [4.78, 5) is 11.8. The monoisotopic (exact) mass is 240 g/mol. The second kappa shape index (κ2) is 5.23. The SMILES string of the molecule is O=C(Nc1cccc(C(F)F)c1)C1CCNC1. The van der Waals surface area contributed by atoms with Crippen LogP contribution in [0.1, 0.15) is 18.4 Å². The summed E-state index contributed by atoms with van der Waals surface area (Å²) in [5.74, 6) is -0.174. The Labute approximate surface area is 98.2 Å².